The summed E-state index contributed by atoms with van der Waals surface area (Å²) in [7, 11) is 0. The maximum absolute atomic E-state index is 13.3. The van der Waals surface area contributed by atoms with Gasteiger partial charge in [0.15, 0.2) is 5.82 Å². The minimum Gasteiger partial charge on any atom is -0.507 e. The summed E-state index contributed by atoms with van der Waals surface area (Å²) in [5, 5.41) is 20.2. The Kier molecular flexibility index (Phi) is 8.62. The topological polar surface area (TPSA) is 95.9 Å². The number of nitrogens with zero attached hydrogens (tertiary/aromatic N) is 2. The zero-order valence-corrected chi connectivity index (χ0v) is 20.5. The monoisotopic (exact) mass is 542 g/mol. The van der Waals surface area contributed by atoms with Crippen molar-refractivity contribution in [2.24, 2.45) is 5.73 Å². The van der Waals surface area contributed by atoms with Gasteiger partial charge in [0, 0.05) is 5.56 Å². The Morgan fingerprint density at radius 2 is 1.73 bits per heavy atom. The number of phenols is 1. The molecule has 0 atom stereocenters. The van der Waals surface area contributed by atoms with Gasteiger partial charge in [-0.3, -0.25) is 5.41 Å². The van der Waals surface area contributed by atoms with Crippen LogP contribution in [0.4, 0.5) is 26.3 Å². The summed E-state index contributed by atoms with van der Waals surface area (Å²) in [6.45, 7) is 2.08. The molecule has 2 heterocycles. The number of aromatic hydroxyl groups is 1. The molecule has 0 bridgehead atoms. The second-order valence-corrected chi connectivity index (χ2v) is 9.20. The molecule has 0 unspecified atom stereocenters. The van der Waals surface area contributed by atoms with E-state index in [1.165, 1.54) is 17.4 Å². The minimum atomic E-state index is -4.90. The third-order valence-electron chi connectivity index (χ3n) is 5.47. The number of hydrogen-bond acceptors (Lipinski definition) is 6. The molecule has 4 N–H and O–H groups in total. The van der Waals surface area contributed by atoms with Crippen LogP contribution < -0.4 is 5.73 Å². The molecule has 3 aromatic rings. The fourth-order valence-corrected chi connectivity index (χ4v) is 4.46. The van der Waals surface area contributed by atoms with Crippen molar-refractivity contribution in [3.63, 3.8) is 0 Å². The van der Waals surface area contributed by atoms with E-state index in [0.29, 0.717) is 29.5 Å². The number of allylic oxidation sites excluding steroid dienone is 2. The van der Waals surface area contributed by atoms with Gasteiger partial charge in [0.05, 0.1) is 21.8 Å². The van der Waals surface area contributed by atoms with Crippen LogP contribution in [0.2, 0.25) is 0 Å². The zero-order valence-electron chi connectivity index (χ0n) is 19.7. The van der Waals surface area contributed by atoms with E-state index in [4.69, 9.17) is 11.1 Å². The first-order valence-electron chi connectivity index (χ1n) is 11.3. The average molecular weight is 543 g/mol. The van der Waals surface area contributed by atoms with Crippen molar-refractivity contribution < 1.29 is 31.4 Å². The maximum atomic E-state index is 13.3. The van der Waals surface area contributed by atoms with Crippen LogP contribution in [0, 0.1) is 5.41 Å². The Labute approximate surface area is 213 Å². The Morgan fingerprint density at radius 1 is 1.03 bits per heavy atom. The molecule has 0 amide bonds. The first-order chi connectivity index (χ1) is 17.3. The summed E-state index contributed by atoms with van der Waals surface area (Å²) in [4.78, 5) is 8.92. The Morgan fingerprint density at radius 3 is 2.38 bits per heavy atom. The van der Waals surface area contributed by atoms with E-state index < -0.39 is 40.9 Å². The third-order valence-corrected chi connectivity index (χ3v) is 6.45. The highest BCUT2D eigenvalue weighted by molar-refractivity contribution is 7.13. The molecular formula is C25H24F6N4OS. The Hall–Kier alpha value is -3.41. The number of unbranched alkanes of at least 4 members (excludes halogenated alkanes) is 3. The molecule has 0 radical (unpaired) electrons. The van der Waals surface area contributed by atoms with E-state index in [9.17, 15) is 31.4 Å². The number of phenolic OH excluding ortho intramolecular Hbond substituents is 1. The molecule has 37 heavy (non-hydrogen) atoms. The molecule has 0 fully saturated rings. The van der Waals surface area contributed by atoms with Gasteiger partial charge in [-0.15, -0.1) is 11.3 Å². The summed E-state index contributed by atoms with van der Waals surface area (Å²) in [6.07, 6.45) is -4.58. The number of aromatic nitrogens is 2. The van der Waals surface area contributed by atoms with Gasteiger partial charge in [-0.25, -0.2) is 9.97 Å². The zero-order chi connectivity index (χ0) is 27.4. The Bertz CT molecular complexity index is 1300. The van der Waals surface area contributed by atoms with Gasteiger partial charge in [-0.05, 0) is 60.2 Å². The quantitative estimate of drug-likeness (QED) is 0.148. The molecule has 2 aromatic heterocycles. The van der Waals surface area contributed by atoms with Crippen LogP contribution in [0.1, 0.15) is 49.6 Å². The predicted octanol–water partition coefficient (Wildman–Crippen LogP) is 7.49. The fourth-order valence-electron chi connectivity index (χ4n) is 3.54. The lowest BCUT2D eigenvalue weighted by Gasteiger charge is -2.13. The third kappa shape index (κ3) is 7.09. The van der Waals surface area contributed by atoms with E-state index >= 15 is 0 Å². The average Bonchev–Trinajstić information content (AvgIpc) is 3.29. The van der Waals surface area contributed by atoms with Crippen molar-refractivity contribution in [1.29, 1.82) is 5.41 Å². The van der Waals surface area contributed by atoms with Crippen LogP contribution in [-0.2, 0) is 12.6 Å². The molecule has 198 valence electrons. The predicted molar refractivity (Wildman–Crippen MR) is 130 cm³/mol. The van der Waals surface area contributed by atoms with Gasteiger partial charge in [0.25, 0.3) is 0 Å². The number of halogens is 6. The van der Waals surface area contributed by atoms with Crippen molar-refractivity contribution in [2.45, 2.75) is 51.4 Å². The second kappa shape index (κ2) is 11.3. The number of alkyl halides is 6. The molecule has 0 aliphatic carbocycles. The van der Waals surface area contributed by atoms with Gasteiger partial charge in [0.1, 0.15) is 17.2 Å². The number of aryl methyl sites for hydroxylation is 1. The molecule has 0 aliphatic heterocycles. The summed E-state index contributed by atoms with van der Waals surface area (Å²) in [5.74, 6) is -1.01. The van der Waals surface area contributed by atoms with E-state index in [0.717, 1.165) is 37.3 Å². The number of hydrogen-bond donors (Lipinski definition) is 3. The molecular weight excluding hydrogens is 518 g/mol. The maximum Gasteiger partial charge on any atom is 0.430 e. The molecule has 3 rings (SSSR count). The molecule has 5 nitrogen and oxygen atoms in total. The van der Waals surface area contributed by atoms with E-state index in [1.807, 2.05) is 6.07 Å². The summed E-state index contributed by atoms with van der Waals surface area (Å²) >= 11 is 1.30. The number of thiophene rings is 1. The molecule has 0 aliphatic rings. The number of nitrogens with two attached hydrogens (primary N) is 1. The molecule has 1 aromatic carbocycles. The first kappa shape index (κ1) is 28.2. The Balaban J connectivity index is 2.16. The summed E-state index contributed by atoms with van der Waals surface area (Å²) < 4.78 is 78.8. The van der Waals surface area contributed by atoms with E-state index in [2.05, 4.69) is 16.9 Å². The highest BCUT2D eigenvalue weighted by atomic mass is 32.1. The lowest BCUT2D eigenvalue weighted by Crippen LogP contribution is -2.21. The second-order valence-electron chi connectivity index (χ2n) is 8.29. The standard InChI is InChI=1S/C25H24F6N4OS/c1-2-3-4-5-6-14-9-10-37-22(14)19-13-18(16-11-15(24(26,27)28)7-8-20(16)36)34-23(35-19)17(32)12-21(33)25(29,30)31/h7-13,32,36H,2-6,33H2,1H3. The van der Waals surface area contributed by atoms with Crippen molar-refractivity contribution in [3.8, 4) is 27.6 Å². The molecule has 0 saturated carbocycles. The van der Waals surface area contributed by atoms with Gasteiger partial charge in [-0.1, -0.05) is 26.2 Å². The first-order valence-corrected chi connectivity index (χ1v) is 12.2. The highest BCUT2D eigenvalue weighted by Crippen LogP contribution is 2.38. The van der Waals surface area contributed by atoms with Crippen LogP contribution in [0.5, 0.6) is 5.75 Å². The molecule has 0 spiro atoms. The summed E-state index contributed by atoms with van der Waals surface area (Å²) in [6, 6.07) is 5.47. The van der Waals surface area contributed by atoms with Gasteiger partial charge in [-0.2, -0.15) is 26.3 Å². The normalized spacial score (nSPS) is 12.7. The number of rotatable bonds is 9. The van der Waals surface area contributed by atoms with Crippen molar-refractivity contribution in [3.05, 3.63) is 64.4 Å². The van der Waals surface area contributed by atoms with Gasteiger partial charge >= 0.3 is 12.4 Å². The highest BCUT2D eigenvalue weighted by Gasteiger charge is 2.33. The molecule has 12 heteroatoms. The SMILES string of the molecule is CCCCCCc1ccsc1-c1cc(-c2cc(C(F)(F)F)ccc2O)nc(C(=N)C=C(N)C(F)(F)F)n1. The van der Waals surface area contributed by atoms with Crippen molar-refractivity contribution in [2.75, 3.05) is 0 Å². The minimum absolute atomic E-state index is 0.183. The van der Waals surface area contributed by atoms with Crippen LogP contribution in [-0.4, -0.2) is 27.0 Å². The number of benzene rings is 1. The lowest BCUT2D eigenvalue weighted by atomic mass is 10.0. The van der Waals surface area contributed by atoms with E-state index in [1.54, 1.807) is 5.38 Å². The van der Waals surface area contributed by atoms with Crippen LogP contribution in [0.3, 0.4) is 0 Å². The lowest BCUT2D eigenvalue weighted by molar-refractivity contribution is -0.137. The fraction of sp³-hybridized carbons (Fsp3) is 0.320. The van der Waals surface area contributed by atoms with Crippen molar-refractivity contribution in [1.82, 2.24) is 9.97 Å². The van der Waals surface area contributed by atoms with Gasteiger partial charge in [0.2, 0.25) is 0 Å². The number of nitrogens with one attached hydrogen (secondary N) is 1. The van der Waals surface area contributed by atoms with Crippen LogP contribution in [0.15, 0.2) is 47.5 Å². The molecule has 0 saturated heterocycles. The van der Waals surface area contributed by atoms with Gasteiger partial charge < -0.3 is 10.8 Å². The summed E-state index contributed by atoms with van der Waals surface area (Å²) in [5.41, 5.74) is 2.28. The van der Waals surface area contributed by atoms with Crippen LogP contribution in [0.25, 0.3) is 21.8 Å². The smallest absolute Gasteiger partial charge is 0.430 e. The van der Waals surface area contributed by atoms with Crippen LogP contribution >= 0.6 is 11.3 Å². The largest absolute Gasteiger partial charge is 0.507 e. The van der Waals surface area contributed by atoms with Crippen molar-refractivity contribution >= 4 is 17.0 Å². The van der Waals surface area contributed by atoms with E-state index in [-0.39, 0.29) is 17.0 Å².